The molecule has 6 nitrogen and oxygen atoms in total. The summed E-state index contributed by atoms with van der Waals surface area (Å²) in [6, 6.07) is 22.4. The topological polar surface area (TPSA) is 59.7 Å². The predicted molar refractivity (Wildman–Crippen MR) is 138 cm³/mol. The highest BCUT2D eigenvalue weighted by Gasteiger charge is 2.07. The van der Waals surface area contributed by atoms with Gasteiger partial charge in [-0.3, -0.25) is 9.36 Å². The number of thiocarbonyl (C=S) groups is 1. The van der Waals surface area contributed by atoms with Gasteiger partial charge in [0.05, 0.1) is 36.9 Å². The van der Waals surface area contributed by atoms with Crippen LogP contribution in [0.25, 0.3) is 10.8 Å². The van der Waals surface area contributed by atoms with Crippen molar-refractivity contribution in [2.45, 2.75) is 13.1 Å². The maximum atomic E-state index is 6.06. The van der Waals surface area contributed by atoms with Gasteiger partial charge in [-0.2, -0.15) is 10.2 Å². The van der Waals surface area contributed by atoms with Crippen molar-refractivity contribution in [2.75, 3.05) is 10.6 Å². The minimum absolute atomic E-state index is 0.474. The fourth-order valence-corrected chi connectivity index (χ4v) is 4.20. The maximum absolute atomic E-state index is 6.06. The Labute approximate surface area is 201 Å². The van der Waals surface area contributed by atoms with Gasteiger partial charge in [-0.05, 0) is 46.2 Å². The van der Waals surface area contributed by atoms with Crippen LogP contribution in [0.1, 0.15) is 11.1 Å². The molecule has 0 fully saturated rings. The van der Waals surface area contributed by atoms with Gasteiger partial charge in [-0.15, -0.1) is 0 Å². The maximum Gasteiger partial charge on any atom is 0.175 e. The van der Waals surface area contributed by atoms with E-state index in [2.05, 4.69) is 63.3 Å². The number of hydrogen-bond acceptors (Lipinski definition) is 3. The molecule has 2 heterocycles. The lowest BCUT2D eigenvalue weighted by Gasteiger charge is -2.08. The summed E-state index contributed by atoms with van der Waals surface area (Å²) in [6.45, 7) is 1.31. The average Bonchev–Trinajstić information content (AvgIpc) is 3.43. The summed E-state index contributed by atoms with van der Waals surface area (Å²) in [5.74, 6) is 0. The first-order chi connectivity index (χ1) is 16.1. The number of hydrogen-bond donors (Lipinski definition) is 2. The monoisotopic (exact) mass is 472 g/mol. The number of anilines is 2. The summed E-state index contributed by atoms with van der Waals surface area (Å²) in [7, 11) is 0. The molecule has 5 rings (SSSR count). The Balaban J connectivity index is 1.19. The van der Waals surface area contributed by atoms with Crippen LogP contribution in [0, 0.1) is 0 Å². The molecule has 0 aliphatic carbocycles. The quantitative estimate of drug-likeness (QED) is 0.306. The summed E-state index contributed by atoms with van der Waals surface area (Å²) in [6.07, 6.45) is 7.35. The summed E-state index contributed by atoms with van der Waals surface area (Å²) >= 11 is 11.5. The zero-order valence-corrected chi connectivity index (χ0v) is 19.2. The second-order valence-electron chi connectivity index (χ2n) is 7.70. The Hall–Kier alpha value is -3.68. The van der Waals surface area contributed by atoms with Crippen molar-refractivity contribution in [3.8, 4) is 0 Å². The van der Waals surface area contributed by atoms with Crippen LogP contribution in [0.3, 0.4) is 0 Å². The van der Waals surface area contributed by atoms with Crippen molar-refractivity contribution in [2.24, 2.45) is 0 Å². The number of benzene rings is 3. The molecule has 0 aliphatic rings. The molecule has 0 bridgehead atoms. The standard InChI is InChI=1S/C25H21ClN6S/c26-21-9-3-5-18(11-21)14-31-16-22(12-27-31)29-25(33)30-23-13-28-32(17-23)15-20-8-4-7-19-6-1-2-10-24(19)20/h1-13,16-17H,14-15H2,(H2,29,30,33). The van der Waals surface area contributed by atoms with Crippen molar-refractivity contribution in [1.82, 2.24) is 19.6 Å². The molecule has 0 saturated heterocycles. The van der Waals surface area contributed by atoms with Gasteiger partial charge in [-0.25, -0.2) is 0 Å². The lowest BCUT2D eigenvalue weighted by molar-refractivity contribution is 0.687. The molecule has 0 spiro atoms. The van der Waals surface area contributed by atoms with Crippen molar-refractivity contribution >= 4 is 51.1 Å². The molecule has 2 aromatic heterocycles. The van der Waals surface area contributed by atoms with Crippen LogP contribution in [-0.2, 0) is 13.1 Å². The highest BCUT2D eigenvalue weighted by molar-refractivity contribution is 7.80. The van der Waals surface area contributed by atoms with Gasteiger partial charge in [0.1, 0.15) is 0 Å². The first kappa shape index (κ1) is 21.2. The van der Waals surface area contributed by atoms with E-state index < -0.39 is 0 Å². The number of fused-ring (bicyclic) bond motifs is 1. The molecule has 3 aromatic carbocycles. The van der Waals surface area contributed by atoms with E-state index in [4.69, 9.17) is 23.8 Å². The summed E-state index contributed by atoms with van der Waals surface area (Å²) in [4.78, 5) is 0. The fraction of sp³-hybridized carbons (Fsp3) is 0.0800. The zero-order chi connectivity index (χ0) is 22.6. The van der Waals surface area contributed by atoms with Crippen LogP contribution < -0.4 is 10.6 Å². The number of aromatic nitrogens is 4. The largest absolute Gasteiger partial charge is 0.330 e. The highest BCUT2D eigenvalue weighted by Crippen LogP contribution is 2.20. The van der Waals surface area contributed by atoms with Crippen LogP contribution in [0.15, 0.2) is 91.5 Å². The van der Waals surface area contributed by atoms with Crippen molar-refractivity contribution in [1.29, 1.82) is 0 Å². The Morgan fingerprint density at radius 3 is 2.24 bits per heavy atom. The molecular formula is C25H21ClN6S. The third kappa shape index (κ3) is 5.22. The molecule has 0 saturated carbocycles. The van der Waals surface area contributed by atoms with E-state index in [0.29, 0.717) is 23.2 Å². The van der Waals surface area contributed by atoms with Crippen LogP contribution in [0.2, 0.25) is 5.02 Å². The van der Waals surface area contributed by atoms with E-state index in [-0.39, 0.29) is 0 Å². The van der Waals surface area contributed by atoms with E-state index in [0.717, 1.165) is 16.9 Å². The first-order valence-corrected chi connectivity index (χ1v) is 11.2. The van der Waals surface area contributed by atoms with Gasteiger partial charge < -0.3 is 10.6 Å². The van der Waals surface area contributed by atoms with E-state index >= 15 is 0 Å². The van der Waals surface area contributed by atoms with E-state index in [9.17, 15) is 0 Å². The molecule has 8 heteroatoms. The zero-order valence-electron chi connectivity index (χ0n) is 17.6. The Morgan fingerprint density at radius 2 is 1.48 bits per heavy atom. The molecule has 33 heavy (non-hydrogen) atoms. The fourth-order valence-electron chi connectivity index (χ4n) is 3.75. The number of rotatable bonds is 6. The molecule has 0 atom stereocenters. The number of nitrogens with zero attached hydrogens (tertiary/aromatic N) is 4. The van der Waals surface area contributed by atoms with Crippen LogP contribution in [0.4, 0.5) is 11.4 Å². The normalized spacial score (nSPS) is 10.9. The molecule has 5 aromatic rings. The van der Waals surface area contributed by atoms with Gasteiger partial charge in [-0.1, -0.05) is 66.2 Å². The molecule has 0 amide bonds. The molecular weight excluding hydrogens is 452 g/mol. The number of nitrogens with one attached hydrogen (secondary N) is 2. The van der Waals surface area contributed by atoms with Crippen molar-refractivity contribution < 1.29 is 0 Å². The molecule has 164 valence electrons. The molecule has 2 N–H and O–H groups in total. The molecule has 0 aliphatic heterocycles. The lowest BCUT2D eigenvalue weighted by Crippen LogP contribution is -2.18. The second-order valence-corrected chi connectivity index (χ2v) is 8.55. The minimum Gasteiger partial charge on any atom is -0.330 e. The first-order valence-electron chi connectivity index (χ1n) is 10.5. The Bertz CT molecular complexity index is 1420. The molecule has 0 unspecified atom stereocenters. The van der Waals surface area contributed by atoms with Crippen LogP contribution >= 0.6 is 23.8 Å². The predicted octanol–water partition coefficient (Wildman–Crippen LogP) is 5.79. The van der Waals surface area contributed by atoms with Gasteiger partial charge in [0.15, 0.2) is 5.11 Å². The van der Waals surface area contributed by atoms with Crippen LogP contribution in [0.5, 0.6) is 0 Å². The average molecular weight is 473 g/mol. The third-order valence-electron chi connectivity index (χ3n) is 5.23. The molecule has 0 radical (unpaired) electrons. The summed E-state index contributed by atoms with van der Waals surface area (Å²) in [5.41, 5.74) is 3.92. The summed E-state index contributed by atoms with van der Waals surface area (Å²) in [5, 5.41) is 18.9. The second kappa shape index (κ2) is 9.44. The van der Waals surface area contributed by atoms with Gasteiger partial charge in [0.25, 0.3) is 0 Å². The third-order valence-corrected chi connectivity index (χ3v) is 5.67. The lowest BCUT2D eigenvalue weighted by atomic mass is 10.0. The van der Waals surface area contributed by atoms with Gasteiger partial charge in [0.2, 0.25) is 0 Å². The smallest absolute Gasteiger partial charge is 0.175 e. The highest BCUT2D eigenvalue weighted by atomic mass is 35.5. The Morgan fingerprint density at radius 1 is 0.818 bits per heavy atom. The Kier molecular flexibility index (Phi) is 6.06. The van der Waals surface area contributed by atoms with Crippen molar-refractivity contribution in [3.63, 3.8) is 0 Å². The van der Waals surface area contributed by atoms with Gasteiger partial charge in [0, 0.05) is 17.4 Å². The van der Waals surface area contributed by atoms with E-state index in [1.165, 1.54) is 16.3 Å². The van der Waals surface area contributed by atoms with Gasteiger partial charge >= 0.3 is 0 Å². The summed E-state index contributed by atoms with van der Waals surface area (Å²) < 4.78 is 3.73. The van der Waals surface area contributed by atoms with E-state index in [1.54, 1.807) is 12.4 Å². The van der Waals surface area contributed by atoms with E-state index in [1.807, 2.05) is 46.0 Å². The number of halogens is 1. The SMILES string of the molecule is S=C(Nc1cnn(Cc2cccc(Cl)c2)c1)Nc1cnn(Cc2cccc3ccccc23)c1. The minimum atomic E-state index is 0.474. The van der Waals surface area contributed by atoms with Crippen LogP contribution in [-0.4, -0.2) is 24.7 Å². The van der Waals surface area contributed by atoms with Crippen molar-refractivity contribution in [3.05, 3.63) is 108 Å².